The molecule has 1 aliphatic carbocycles. The van der Waals surface area contributed by atoms with E-state index >= 15 is 0 Å². The van der Waals surface area contributed by atoms with Crippen LogP contribution in [0.15, 0.2) is 0 Å². The predicted octanol–water partition coefficient (Wildman–Crippen LogP) is 2.76. The smallest absolute Gasteiger partial charge is 0.484 e. The van der Waals surface area contributed by atoms with Crippen molar-refractivity contribution in [1.29, 1.82) is 0 Å². The maximum atomic E-state index is 13.1. The zero-order valence-corrected chi connectivity index (χ0v) is 12.7. The van der Waals surface area contributed by atoms with Crippen LogP contribution in [0, 0.1) is 23.0 Å². The molecule has 1 heterocycles. The summed E-state index contributed by atoms with van der Waals surface area (Å²) in [5, 5.41) is 12.5. The number of rotatable bonds is 1. The third kappa shape index (κ3) is 2.21. The number of hydroxylamine groups is 1. The number of alkyl halides is 3. The van der Waals surface area contributed by atoms with Crippen molar-refractivity contribution < 1.29 is 22.7 Å². The van der Waals surface area contributed by atoms with Crippen molar-refractivity contribution in [3.05, 3.63) is 5.21 Å². The van der Waals surface area contributed by atoms with Crippen LogP contribution < -0.4 is 0 Å². The molecule has 7 heteroatoms. The Morgan fingerprint density at radius 3 is 2.38 bits per heavy atom. The van der Waals surface area contributed by atoms with Crippen LogP contribution in [0.1, 0.15) is 40.0 Å². The minimum Gasteiger partial charge on any atom is -0.621 e. The Hall–Kier alpha value is -1.27. The van der Waals surface area contributed by atoms with Gasteiger partial charge in [-0.15, -0.1) is 0 Å². The van der Waals surface area contributed by atoms with Gasteiger partial charge in [0.05, 0.1) is 0 Å². The highest BCUT2D eigenvalue weighted by Gasteiger charge is 2.67. The van der Waals surface area contributed by atoms with E-state index in [1.54, 1.807) is 0 Å². The van der Waals surface area contributed by atoms with Crippen LogP contribution in [0.3, 0.4) is 0 Å². The van der Waals surface area contributed by atoms with E-state index in [0.29, 0.717) is 6.42 Å². The summed E-state index contributed by atoms with van der Waals surface area (Å²) in [6, 6.07) is 0. The lowest BCUT2D eigenvalue weighted by Crippen LogP contribution is -2.59. The second-order valence-electron chi connectivity index (χ2n) is 6.62. The SMILES string of the molecule is CC(C)[C@@H]1CC[C@@H](C)C[C@@]12N(C)C(=O)C(C(F)(F)F)=[N+]2[O-]. The van der Waals surface area contributed by atoms with Gasteiger partial charge in [-0.2, -0.15) is 17.9 Å². The minimum atomic E-state index is -4.92. The normalized spacial score (nSPS) is 34.5. The molecular formula is C14H21F3N2O2. The van der Waals surface area contributed by atoms with Crippen LogP contribution in [0.2, 0.25) is 0 Å². The van der Waals surface area contributed by atoms with E-state index in [4.69, 9.17) is 0 Å². The van der Waals surface area contributed by atoms with Gasteiger partial charge in [0.25, 0.3) is 5.66 Å². The van der Waals surface area contributed by atoms with Crippen LogP contribution in [0.25, 0.3) is 0 Å². The molecule has 1 saturated carbocycles. The standard InChI is InChI=1S/C14H21F3N2O2/c1-8(2)10-6-5-9(3)7-13(10)18(4)12(20)11(19(13)21)14(15,16)17/h8-10H,5-7H2,1-4H3/t9-,10+,13+/m1/s1. The molecule has 1 aliphatic heterocycles. The van der Waals surface area contributed by atoms with Gasteiger partial charge in [-0.25, -0.2) is 0 Å². The van der Waals surface area contributed by atoms with E-state index in [1.165, 1.54) is 7.05 Å². The third-order valence-electron chi connectivity index (χ3n) is 4.93. The molecule has 1 amide bonds. The highest BCUT2D eigenvalue weighted by Crippen LogP contribution is 2.47. The van der Waals surface area contributed by atoms with Crippen LogP contribution >= 0.6 is 0 Å². The number of hydrogen-bond donors (Lipinski definition) is 0. The summed E-state index contributed by atoms with van der Waals surface area (Å²) in [6.45, 7) is 5.69. The molecule has 0 unspecified atom stereocenters. The lowest BCUT2D eigenvalue weighted by molar-refractivity contribution is -0.591. The van der Waals surface area contributed by atoms with Crippen LogP contribution in [0.4, 0.5) is 13.2 Å². The Morgan fingerprint density at radius 2 is 1.95 bits per heavy atom. The molecule has 2 aliphatic rings. The van der Waals surface area contributed by atoms with E-state index in [-0.39, 0.29) is 28.9 Å². The summed E-state index contributed by atoms with van der Waals surface area (Å²) in [4.78, 5) is 13.1. The van der Waals surface area contributed by atoms with Crippen molar-refractivity contribution in [2.45, 2.75) is 51.9 Å². The van der Waals surface area contributed by atoms with Crippen molar-refractivity contribution in [2.75, 3.05) is 7.05 Å². The zero-order valence-electron chi connectivity index (χ0n) is 12.7. The first-order chi connectivity index (χ1) is 9.53. The summed E-state index contributed by atoms with van der Waals surface area (Å²) < 4.78 is 39.2. The number of nitrogens with zero attached hydrogens (tertiary/aromatic N) is 2. The highest BCUT2D eigenvalue weighted by atomic mass is 19.4. The van der Waals surface area contributed by atoms with Gasteiger partial charge in [-0.05, 0) is 24.7 Å². The molecule has 0 saturated heterocycles. The summed E-state index contributed by atoms with van der Waals surface area (Å²) in [5.41, 5.74) is -2.97. The number of carbonyl (C=O) groups excluding carboxylic acids is 1. The fourth-order valence-electron chi connectivity index (χ4n) is 3.94. The summed E-state index contributed by atoms with van der Waals surface area (Å²) in [7, 11) is 1.32. The maximum absolute atomic E-state index is 13.1. The summed E-state index contributed by atoms with van der Waals surface area (Å²) >= 11 is 0. The Morgan fingerprint density at radius 1 is 1.38 bits per heavy atom. The Labute approximate surface area is 122 Å². The minimum absolute atomic E-state index is 0.0248. The molecule has 120 valence electrons. The highest BCUT2D eigenvalue weighted by molar-refractivity contribution is 6.39. The molecule has 0 aromatic carbocycles. The van der Waals surface area contributed by atoms with E-state index in [0.717, 1.165) is 11.3 Å². The van der Waals surface area contributed by atoms with Gasteiger partial charge >= 0.3 is 17.8 Å². The van der Waals surface area contributed by atoms with Gasteiger partial charge in [0.15, 0.2) is 0 Å². The van der Waals surface area contributed by atoms with E-state index in [1.807, 2.05) is 20.8 Å². The number of hydrogen-bond acceptors (Lipinski definition) is 2. The second kappa shape index (κ2) is 4.88. The average molecular weight is 306 g/mol. The molecule has 1 fully saturated rings. The molecular weight excluding hydrogens is 285 g/mol. The maximum Gasteiger partial charge on any atom is 0.484 e. The van der Waals surface area contributed by atoms with E-state index < -0.39 is 23.5 Å². The molecule has 0 bridgehead atoms. The van der Waals surface area contributed by atoms with Crippen LogP contribution in [0.5, 0.6) is 0 Å². The lowest BCUT2D eigenvalue weighted by atomic mass is 9.69. The Bertz CT molecular complexity index is 487. The molecule has 0 aromatic heterocycles. The van der Waals surface area contributed by atoms with Crippen LogP contribution in [-0.4, -0.2) is 40.1 Å². The molecule has 0 radical (unpaired) electrons. The zero-order chi connectivity index (χ0) is 16.2. The first-order valence-electron chi connectivity index (χ1n) is 7.23. The van der Waals surface area contributed by atoms with Crippen molar-refractivity contribution >= 4 is 11.6 Å². The van der Waals surface area contributed by atoms with Crippen molar-refractivity contribution in [3.63, 3.8) is 0 Å². The quantitative estimate of drug-likeness (QED) is 0.552. The van der Waals surface area contributed by atoms with Gasteiger partial charge in [0.1, 0.15) is 0 Å². The number of halogens is 3. The molecule has 2 rings (SSSR count). The first-order valence-corrected chi connectivity index (χ1v) is 7.23. The molecule has 4 nitrogen and oxygen atoms in total. The predicted molar refractivity (Wildman–Crippen MR) is 71.5 cm³/mol. The van der Waals surface area contributed by atoms with E-state index in [9.17, 15) is 23.2 Å². The molecule has 21 heavy (non-hydrogen) atoms. The van der Waals surface area contributed by atoms with Crippen molar-refractivity contribution in [2.24, 2.45) is 17.8 Å². The third-order valence-corrected chi connectivity index (χ3v) is 4.93. The summed E-state index contributed by atoms with van der Waals surface area (Å²) in [5.74, 6) is -1.34. The topological polar surface area (TPSA) is 46.4 Å². The van der Waals surface area contributed by atoms with Gasteiger partial charge in [0.2, 0.25) is 0 Å². The summed E-state index contributed by atoms with van der Waals surface area (Å²) in [6.07, 6.45) is -3.12. The van der Waals surface area contributed by atoms with Crippen LogP contribution in [-0.2, 0) is 4.79 Å². The Kier molecular flexibility index (Phi) is 3.74. The molecule has 0 N–H and O–H groups in total. The second-order valence-corrected chi connectivity index (χ2v) is 6.62. The molecule has 0 aromatic rings. The monoisotopic (exact) mass is 306 g/mol. The Balaban J connectivity index is 2.62. The fraction of sp³-hybridized carbons (Fsp3) is 0.857. The van der Waals surface area contributed by atoms with E-state index in [2.05, 4.69) is 0 Å². The van der Waals surface area contributed by atoms with Gasteiger partial charge in [-0.3, -0.25) is 9.69 Å². The largest absolute Gasteiger partial charge is 0.621 e. The van der Waals surface area contributed by atoms with Crippen molar-refractivity contribution in [1.82, 2.24) is 4.90 Å². The van der Waals surface area contributed by atoms with Gasteiger partial charge < -0.3 is 5.21 Å². The number of amides is 1. The van der Waals surface area contributed by atoms with Crippen molar-refractivity contribution in [3.8, 4) is 0 Å². The number of carbonyl (C=O) groups is 1. The molecule has 3 atom stereocenters. The average Bonchev–Trinajstić information content (AvgIpc) is 2.51. The lowest BCUT2D eigenvalue weighted by Gasteiger charge is -2.46. The molecule has 1 spiro atoms. The fourth-order valence-corrected chi connectivity index (χ4v) is 3.94. The van der Waals surface area contributed by atoms with Gasteiger partial charge in [-0.1, -0.05) is 20.8 Å². The first kappa shape index (κ1) is 16.1. The van der Waals surface area contributed by atoms with Gasteiger partial charge in [0, 0.05) is 19.4 Å².